The van der Waals surface area contributed by atoms with Crippen LogP contribution >= 0.6 is 11.3 Å². The summed E-state index contributed by atoms with van der Waals surface area (Å²) in [4.78, 5) is 29.3. The molecule has 180 valence electrons. The molecule has 0 unspecified atom stereocenters. The molecule has 0 fully saturated rings. The van der Waals surface area contributed by atoms with Gasteiger partial charge in [0.05, 0.1) is 13.7 Å². The van der Waals surface area contributed by atoms with Crippen molar-refractivity contribution < 1.29 is 19.1 Å². The molecule has 1 aromatic heterocycles. The number of nitrogens with zero attached hydrogens (tertiary/aromatic N) is 2. The minimum atomic E-state index is -0.436. The Bertz CT molecular complexity index is 1060. The lowest BCUT2D eigenvalue weighted by Crippen LogP contribution is -2.41. The first-order valence-corrected chi connectivity index (χ1v) is 12.1. The number of thiophene rings is 1. The second kappa shape index (κ2) is 12.8. The summed E-state index contributed by atoms with van der Waals surface area (Å²) in [5.74, 6) is 0.816. The number of ether oxygens (including phenoxy) is 2. The number of likely N-dealkylation sites (N-methyl/N-ethyl adjacent to an activating group) is 1. The van der Waals surface area contributed by atoms with Crippen molar-refractivity contribution in [1.82, 2.24) is 4.90 Å². The Balaban J connectivity index is 1.67. The van der Waals surface area contributed by atoms with Crippen LogP contribution in [-0.4, -0.2) is 43.5 Å². The molecule has 1 heterocycles. The molecule has 3 rings (SSSR count). The summed E-state index contributed by atoms with van der Waals surface area (Å²) in [6.07, 6.45) is 0.108. The van der Waals surface area contributed by atoms with E-state index in [4.69, 9.17) is 15.2 Å². The molecule has 34 heavy (non-hydrogen) atoms. The van der Waals surface area contributed by atoms with Crippen LogP contribution in [0, 0.1) is 0 Å². The van der Waals surface area contributed by atoms with Crippen molar-refractivity contribution >= 4 is 28.8 Å². The topological polar surface area (TPSA) is 85.1 Å². The van der Waals surface area contributed by atoms with Gasteiger partial charge in [-0.1, -0.05) is 37.3 Å². The van der Waals surface area contributed by atoms with Gasteiger partial charge in [0.1, 0.15) is 6.61 Å². The van der Waals surface area contributed by atoms with Gasteiger partial charge >= 0.3 is 0 Å². The standard InChI is InChI=1S/C26H31N3O4S/c1-3-28(18-26(31)29(14-13-25(27)30)21-8-5-4-6-9-21)17-20-11-12-23(24(16-20)32-2)33-19-22-10-7-15-34-22/h4-12,15-16H,3,13-14,17-19H2,1-2H3,(H2,27,30). The largest absolute Gasteiger partial charge is 0.493 e. The van der Waals surface area contributed by atoms with Gasteiger partial charge in [-0.25, -0.2) is 0 Å². The number of primary amides is 1. The van der Waals surface area contributed by atoms with E-state index in [-0.39, 0.29) is 25.4 Å². The second-order valence-corrected chi connectivity index (χ2v) is 8.79. The van der Waals surface area contributed by atoms with Crippen LogP contribution < -0.4 is 20.1 Å². The third kappa shape index (κ3) is 7.33. The van der Waals surface area contributed by atoms with Crippen LogP contribution in [-0.2, 0) is 22.7 Å². The Labute approximate surface area is 204 Å². The SMILES string of the molecule is CCN(CC(=O)N(CCC(N)=O)c1ccccc1)Cc1ccc(OCc2cccs2)c(OC)c1. The van der Waals surface area contributed by atoms with E-state index in [1.54, 1.807) is 23.3 Å². The molecule has 0 aliphatic carbocycles. The van der Waals surface area contributed by atoms with Crippen molar-refractivity contribution in [3.05, 3.63) is 76.5 Å². The number of methoxy groups -OCH3 is 1. The average molecular weight is 482 g/mol. The number of hydrogen-bond donors (Lipinski definition) is 1. The van der Waals surface area contributed by atoms with E-state index < -0.39 is 5.91 Å². The number of anilines is 1. The van der Waals surface area contributed by atoms with Gasteiger partial charge < -0.3 is 20.1 Å². The molecule has 0 aliphatic heterocycles. The van der Waals surface area contributed by atoms with Crippen molar-refractivity contribution in [3.63, 3.8) is 0 Å². The summed E-state index contributed by atoms with van der Waals surface area (Å²) in [6.45, 7) is 4.22. The molecule has 3 aromatic rings. The molecule has 2 amide bonds. The van der Waals surface area contributed by atoms with Crippen molar-refractivity contribution in [1.29, 1.82) is 0 Å². The van der Waals surface area contributed by atoms with Gasteiger partial charge in [-0.3, -0.25) is 14.5 Å². The van der Waals surface area contributed by atoms with Gasteiger partial charge in [0.15, 0.2) is 11.5 Å². The molecule has 7 nitrogen and oxygen atoms in total. The summed E-state index contributed by atoms with van der Waals surface area (Å²) >= 11 is 1.65. The fourth-order valence-electron chi connectivity index (χ4n) is 3.52. The molecule has 0 spiro atoms. The quantitative estimate of drug-likeness (QED) is 0.398. The highest BCUT2D eigenvalue weighted by molar-refractivity contribution is 7.09. The monoisotopic (exact) mass is 481 g/mol. The van der Waals surface area contributed by atoms with Crippen LogP contribution in [0.3, 0.4) is 0 Å². The minimum Gasteiger partial charge on any atom is -0.493 e. The van der Waals surface area contributed by atoms with Crippen LogP contribution in [0.4, 0.5) is 5.69 Å². The minimum absolute atomic E-state index is 0.0860. The van der Waals surface area contributed by atoms with Crippen molar-refractivity contribution in [2.24, 2.45) is 5.73 Å². The molecule has 0 saturated heterocycles. The van der Waals surface area contributed by atoms with Gasteiger partial charge in [0, 0.05) is 30.1 Å². The fourth-order valence-corrected chi connectivity index (χ4v) is 4.13. The third-order valence-corrected chi connectivity index (χ3v) is 6.19. The van der Waals surface area contributed by atoms with Gasteiger partial charge in [-0.2, -0.15) is 0 Å². The van der Waals surface area contributed by atoms with Crippen LogP contribution in [0.15, 0.2) is 66.0 Å². The van der Waals surface area contributed by atoms with Gasteiger partial charge in [0.2, 0.25) is 11.8 Å². The Morgan fingerprint density at radius 2 is 1.82 bits per heavy atom. The summed E-state index contributed by atoms with van der Waals surface area (Å²) in [7, 11) is 1.62. The third-order valence-electron chi connectivity index (χ3n) is 5.34. The first-order valence-electron chi connectivity index (χ1n) is 11.2. The molecule has 0 atom stereocenters. The highest BCUT2D eigenvalue weighted by Gasteiger charge is 2.19. The van der Waals surface area contributed by atoms with E-state index in [1.807, 2.05) is 77.9 Å². The molecule has 8 heteroatoms. The summed E-state index contributed by atoms with van der Waals surface area (Å²) in [5, 5.41) is 2.02. The molecule has 2 aromatic carbocycles. The number of carbonyl (C=O) groups is 2. The molecular formula is C26H31N3O4S. The lowest BCUT2D eigenvalue weighted by molar-refractivity contribution is -0.120. The van der Waals surface area contributed by atoms with Crippen LogP contribution in [0.5, 0.6) is 11.5 Å². The normalized spacial score (nSPS) is 10.8. The maximum atomic E-state index is 13.2. The van der Waals surface area contributed by atoms with E-state index in [0.717, 1.165) is 16.1 Å². The first kappa shape index (κ1) is 25.3. The Kier molecular flexibility index (Phi) is 9.49. The molecule has 0 saturated carbocycles. The van der Waals surface area contributed by atoms with E-state index in [9.17, 15) is 9.59 Å². The zero-order valence-electron chi connectivity index (χ0n) is 19.6. The van der Waals surface area contributed by atoms with E-state index in [2.05, 4.69) is 0 Å². The molecule has 0 bridgehead atoms. The number of nitrogens with two attached hydrogens (primary N) is 1. The number of benzene rings is 2. The lowest BCUT2D eigenvalue weighted by atomic mass is 10.2. The van der Waals surface area contributed by atoms with Gasteiger partial charge in [0.25, 0.3) is 0 Å². The predicted octanol–water partition coefficient (Wildman–Crippen LogP) is 4.07. The van der Waals surface area contributed by atoms with Crippen molar-refractivity contribution in [2.45, 2.75) is 26.5 Å². The molecule has 2 N–H and O–H groups in total. The summed E-state index contributed by atoms with van der Waals surface area (Å²) < 4.78 is 11.5. The Hall–Kier alpha value is -3.36. The lowest BCUT2D eigenvalue weighted by Gasteiger charge is -2.27. The second-order valence-electron chi connectivity index (χ2n) is 7.75. The fraction of sp³-hybridized carbons (Fsp3) is 0.308. The van der Waals surface area contributed by atoms with Gasteiger partial charge in [-0.15, -0.1) is 11.3 Å². The predicted molar refractivity (Wildman–Crippen MR) is 135 cm³/mol. The first-order chi connectivity index (χ1) is 16.5. The van der Waals surface area contributed by atoms with E-state index >= 15 is 0 Å². The molecule has 0 radical (unpaired) electrons. The van der Waals surface area contributed by atoms with Crippen molar-refractivity contribution in [3.8, 4) is 11.5 Å². The zero-order chi connectivity index (χ0) is 24.3. The molecular weight excluding hydrogens is 450 g/mol. The highest BCUT2D eigenvalue weighted by atomic mass is 32.1. The number of rotatable bonds is 13. The summed E-state index contributed by atoms with van der Waals surface area (Å²) in [5.41, 5.74) is 7.09. The number of hydrogen-bond acceptors (Lipinski definition) is 6. The Morgan fingerprint density at radius 1 is 1.03 bits per heavy atom. The Morgan fingerprint density at radius 3 is 2.47 bits per heavy atom. The van der Waals surface area contributed by atoms with Crippen LogP contribution in [0.2, 0.25) is 0 Å². The maximum absolute atomic E-state index is 13.2. The van der Waals surface area contributed by atoms with Gasteiger partial charge in [-0.05, 0) is 47.8 Å². The van der Waals surface area contributed by atoms with E-state index in [0.29, 0.717) is 31.2 Å². The van der Waals surface area contributed by atoms with Crippen LogP contribution in [0.25, 0.3) is 0 Å². The van der Waals surface area contributed by atoms with Crippen molar-refractivity contribution in [2.75, 3.05) is 31.6 Å². The number of para-hydroxylation sites is 1. The number of carbonyl (C=O) groups excluding carboxylic acids is 2. The molecule has 0 aliphatic rings. The maximum Gasteiger partial charge on any atom is 0.241 e. The number of amides is 2. The average Bonchev–Trinajstić information content (AvgIpc) is 3.37. The zero-order valence-corrected chi connectivity index (χ0v) is 20.4. The van der Waals surface area contributed by atoms with Crippen LogP contribution in [0.1, 0.15) is 23.8 Å². The van der Waals surface area contributed by atoms with E-state index in [1.165, 1.54) is 0 Å². The summed E-state index contributed by atoms with van der Waals surface area (Å²) in [6, 6.07) is 19.2. The highest BCUT2D eigenvalue weighted by Crippen LogP contribution is 2.30. The smallest absolute Gasteiger partial charge is 0.241 e.